The van der Waals surface area contributed by atoms with Gasteiger partial charge in [-0.1, -0.05) is 31.6 Å². The van der Waals surface area contributed by atoms with E-state index in [1.54, 1.807) is 11.8 Å². The van der Waals surface area contributed by atoms with Gasteiger partial charge in [0.25, 0.3) is 0 Å². The minimum atomic E-state index is 1.05. The zero-order valence-corrected chi connectivity index (χ0v) is 9.99. The van der Waals surface area contributed by atoms with Gasteiger partial charge in [-0.25, -0.2) is 0 Å². The molecule has 3 heteroatoms. The van der Waals surface area contributed by atoms with Crippen molar-refractivity contribution in [3.63, 3.8) is 0 Å². The molecule has 0 bridgehead atoms. The molecular weight excluding hydrogens is 204 g/mol. The lowest BCUT2D eigenvalue weighted by Crippen LogP contribution is -1.86. The third-order valence-corrected chi connectivity index (χ3v) is 4.08. The van der Waals surface area contributed by atoms with Crippen molar-refractivity contribution in [3.8, 4) is 0 Å². The minimum Gasteiger partial charge on any atom is -0.108 e. The molecule has 0 rings (SSSR count). The Morgan fingerprint density at radius 2 is 2.08 bits per heavy atom. The van der Waals surface area contributed by atoms with Gasteiger partial charge in [-0.15, -0.1) is 30.1 Å². The Morgan fingerprint density at radius 1 is 1.42 bits per heavy atom. The van der Waals surface area contributed by atoms with Gasteiger partial charge in [-0.05, 0) is 18.6 Å². The van der Waals surface area contributed by atoms with E-state index in [2.05, 4.69) is 13.5 Å². The number of unbranched alkanes of at least 4 members (excludes halogenated alkanes) is 1. The summed E-state index contributed by atoms with van der Waals surface area (Å²) in [6, 6.07) is 0. The molecule has 0 aliphatic rings. The van der Waals surface area contributed by atoms with E-state index in [4.69, 9.17) is 12.2 Å². The smallest absolute Gasteiger partial charge is 0.104 e. The quantitative estimate of drug-likeness (QED) is 0.375. The summed E-state index contributed by atoms with van der Waals surface area (Å²) in [7, 11) is 0. The molecule has 70 valence electrons. The van der Waals surface area contributed by atoms with Crippen LogP contribution in [0.25, 0.3) is 0 Å². The zero-order valence-electron chi connectivity index (χ0n) is 7.54. The molecule has 12 heavy (non-hydrogen) atoms. The Balaban J connectivity index is 3.15. The highest BCUT2D eigenvalue weighted by Crippen LogP contribution is 2.19. The number of hydrogen-bond acceptors (Lipinski definition) is 3. The lowest BCUT2D eigenvalue weighted by molar-refractivity contribution is 0.898. The van der Waals surface area contributed by atoms with Gasteiger partial charge in [0.15, 0.2) is 0 Å². The third kappa shape index (κ3) is 8.62. The van der Waals surface area contributed by atoms with Crippen molar-refractivity contribution in [2.45, 2.75) is 26.2 Å². The second-order valence-corrected chi connectivity index (χ2v) is 5.77. The Bertz CT molecular complexity index is 132. The van der Waals surface area contributed by atoms with Crippen molar-refractivity contribution in [1.29, 1.82) is 0 Å². The molecule has 0 nitrogen and oxygen atoms in total. The Labute approximate surface area is 89.6 Å². The lowest BCUT2D eigenvalue weighted by atomic mass is 10.4. The van der Waals surface area contributed by atoms with E-state index in [1.165, 1.54) is 18.6 Å². The molecule has 0 N–H and O–H groups in total. The van der Waals surface area contributed by atoms with Crippen molar-refractivity contribution < 1.29 is 0 Å². The summed E-state index contributed by atoms with van der Waals surface area (Å²) < 4.78 is 1.09. The Morgan fingerprint density at radius 3 is 2.67 bits per heavy atom. The molecule has 0 radical (unpaired) electrons. The van der Waals surface area contributed by atoms with Crippen LogP contribution < -0.4 is 0 Å². The van der Waals surface area contributed by atoms with Crippen LogP contribution in [0.4, 0.5) is 0 Å². The van der Waals surface area contributed by atoms with Gasteiger partial charge in [-0.2, -0.15) is 0 Å². The van der Waals surface area contributed by atoms with Crippen LogP contribution in [0.5, 0.6) is 0 Å². The first-order chi connectivity index (χ1) is 5.81. The fourth-order valence-electron chi connectivity index (χ4n) is 0.567. The van der Waals surface area contributed by atoms with E-state index in [-0.39, 0.29) is 0 Å². The van der Waals surface area contributed by atoms with Crippen LogP contribution in [0, 0.1) is 0 Å². The fourth-order valence-corrected chi connectivity index (χ4v) is 2.95. The topological polar surface area (TPSA) is 0 Å². The maximum atomic E-state index is 5.17. The number of allylic oxidation sites excluding steroid dienone is 1. The maximum Gasteiger partial charge on any atom is 0.104 e. The van der Waals surface area contributed by atoms with E-state index in [0.717, 1.165) is 15.7 Å². The van der Waals surface area contributed by atoms with Gasteiger partial charge in [0.05, 0.1) is 0 Å². The highest BCUT2D eigenvalue weighted by atomic mass is 32.2. The molecule has 0 heterocycles. The fraction of sp³-hybridized carbons (Fsp3) is 0.667. The summed E-state index contributed by atoms with van der Waals surface area (Å²) >= 11 is 8.76. The molecule has 0 fully saturated rings. The highest BCUT2D eigenvalue weighted by molar-refractivity contribution is 8.47. The highest BCUT2D eigenvalue weighted by Gasteiger charge is 1.96. The molecule has 0 unspecified atom stereocenters. The van der Waals surface area contributed by atoms with E-state index in [9.17, 15) is 0 Å². The first-order valence-corrected chi connectivity index (χ1v) is 6.59. The number of hydrogen-bond donors (Lipinski definition) is 0. The van der Waals surface area contributed by atoms with Gasteiger partial charge in [0, 0.05) is 5.75 Å². The second-order valence-electron chi connectivity index (χ2n) is 2.38. The molecule has 0 aromatic rings. The molecule has 0 spiro atoms. The summed E-state index contributed by atoms with van der Waals surface area (Å²) in [4.78, 5) is 0. The molecule has 0 aliphatic carbocycles. The first kappa shape index (κ1) is 12.5. The molecule has 0 atom stereocenters. The Kier molecular flexibility index (Phi) is 10.0. The largest absolute Gasteiger partial charge is 0.108 e. The van der Waals surface area contributed by atoms with E-state index in [0.29, 0.717) is 0 Å². The van der Waals surface area contributed by atoms with Crippen molar-refractivity contribution in [2.75, 3.05) is 11.5 Å². The molecule has 0 aliphatic heterocycles. The monoisotopic (exact) mass is 220 g/mol. The lowest BCUT2D eigenvalue weighted by Gasteiger charge is -2.00. The van der Waals surface area contributed by atoms with Crippen molar-refractivity contribution in [2.24, 2.45) is 0 Å². The van der Waals surface area contributed by atoms with Crippen molar-refractivity contribution in [1.82, 2.24) is 0 Å². The van der Waals surface area contributed by atoms with Crippen LogP contribution in [0.1, 0.15) is 26.2 Å². The SMILES string of the molecule is C=CCCSC(=S)SCCCC. The Hall–Kier alpha value is 0.530. The maximum absolute atomic E-state index is 5.17. The molecule has 0 aromatic heterocycles. The zero-order chi connectivity index (χ0) is 9.23. The van der Waals surface area contributed by atoms with Gasteiger partial charge in [0.1, 0.15) is 3.53 Å². The van der Waals surface area contributed by atoms with Gasteiger partial charge in [-0.3, -0.25) is 0 Å². The molecule has 0 amide bonds. The van der Waals surface area contributed by atoms with E-state index in [1.807, 2.05) is 17.8 Å². The summed E-state index contributed by atoms with van der Waals surface area (Å²) in [6.07, 6.45) is 5.52. The average Bonchev–Trinajstić information content (AvgIpc) is 2.06. The predicted octanol–water partition coefficient (Wildman–Crippen LogP) is 4.11. The van der Waals surface area contributed by atoms with Crippen LogP contribution in [0.2, 0.25) is 0 Å². The number of rotatable bonds is 6. The second kappa shape index (κ2) is 9.62. The molecule has 0 aromatic carbocycles. The molecule has 0 saturated carbocycles. The third-order valence-electron chi connectivity index (χ3n) is 1.26. The van der Waals surface area contributed by atoms with Crippen molar-refractivity contribution in [3.05, 3.63) is 12.7 Å². The minimum absolute atomic E-state index is 1.05. The molecule has 0 saturated heterocycles. The van der Waals surface area contributed by atoms with Gasteiger partial charge >= 0.3 is 0 Å². The summed E-state index contributed by atoms with van der Waals surface area (Å²) in [5.74, 6) is 2.26. The first-order valence-electron chi connectivity index (χ1n) is 4.21. The number of thioether (sulfide) groups is 2. The van der Waals surface area contributed by atoms with E-state index < -0.39 is 0 Å². The van der Waals surface area contributed by atoms with Gasteiger partial charge in [0.2, 0.25) is 0 Å². The predicted molar refractivity (Wildman–Crippen MR) is 67.2 cm³/mol. The van der Waals surface area contributed by atoms with Crippen LogP contribution in [0.3, 0.4) is 0 Å². The van der Waals surface area contributed by atoms with E-state index >= 15 is 0 Å². The van der Waals surface area contributed by atoms with Crippen LogP contribution in [-0.2, 0) is 0 Å². The van der Waals surface area contributed by atoms with Crippen LogP contribution in [0.15, 0.2) is 12.7 Å². The number of thiocarbonyl (C=S) groups is 1. The summed E-state index contributed by atoms with van der Waals surface area (Å²) in [6.45, 7) is 5.87. The van der Waals surface area contributed by atoms with Crippen LogP contribution >= 0.6 is 35.7 Å². The molecular formula is C9H16S3. The standard InChI is InChI=1S/C9H16S3/c1-3-5-7-11-9(10)12-8-6-4-2/h3H,1,4-8H2,2H3. The van der Waals surface area contributed by atoms with Gasteiger partial charge < -0.3 is 0 Å². The summed E-state index contributed by atoms with van der Waals surface area (Å²) in [5.41, 5.74) is 0. The normalized spacial score (nSPS) is 9.75. The summed E-state index contributed by atoms with van der Waals surface area (Å²) in [5, 5.41) is 0. The van der Waals surface area contributed by atoms with Crippen LogP contribution in [-0.4, -0.2) is 15.0 Å². The van der Waals surface area contributed by atoms with Crippen molar-refractivity contribution >= 4 is 39.3 Å². The average molecular weight is 220 g/mol.